The fourth-order valence-electron chi connectivity index (χ4n) is 3.75. The second-order valence-electron chi connectivity index (χ2n) is 6.98. The highest BCUT2D eigenvalue weighted by Crippen LogP contribution is 2.32. The van der Waals surface area contributed by atoms with Gasteiger partial charge in [0, 0.05) is 37.9 Å². The lowest BCUT2D eigenvalue weighted by atomic mass is 9.91. The van der Waals surface area contributed by atoms with E-state index in [1.54, 1.807) is 12.4 Å². The molecule has 2 N–H and O–H groups in total. The van der Waals surface area contributed by atoms with Crippen molar-refractivity contribution in [2.75, 3.05) is 26.2 Å². The third-order valence-electron chi connectivity index (χ3n) is 5.24. The topological polar surface area (TPSA) is 86.8 Å². The molecule has 0 radical (unpaired) electrons. The van der Waals surface area contributed by atoms with Crippen molar-refractivity contribution in [1.82, 2.24) is 30.2 Å². The van der Waals surface area contributed by atoms with E-state index in [9.17, 15) is 4.79 Å². The molecule has 1 amide bonds. The Kier molecular flexibility index (Phi) is 3.94. The normalized spacial score (nSPS) is 17.6. The maximum atomic E-state index is 12.7. The standard InChI is InChI=1S/C20H20N6O/c27-20(19-24-15-3-1-2-4-16(15)25-19)26-11-14(12-26)18-17(22-9-10-23-18)13-5-7-21-8-6-13/h1-5,9-10,14,21H,6-8,11-12H2,(H,24,25). The van der Waals surface area contributed by atoms with E-state index in [2.05, 4.69) is 31.3 Å². The second kappa shape index (κ2) is 6.59. The number of aromatic amines is 1. The number of imidazole rings is 1. The fraction of sp³-hybridized carbons (Fsp3) is 0.300. The minimum Gasteiger partial charge on any atom is -0.335 e. The molecule has 0 aliphatic carbocycles. The molecular formula is C20H20N6O. The van der Waals surface area contributed by atoms with Crippen LogP contribution < -0.4 is 5.32 Å². The van der Waals surface area contributed by atoms with Crippen LogP contribution in [0.4, 0.5) is 0 Å². The molecule has 2 aliphatic rings. The van der Waals surface area contributed by atoms with Gasteiger partial charge in [0.2, 0.25) is 0 Å². The number of hydrogen-bond donors (Lipinski definition) is 2. The number of aromatic nitrogens is 4. The Morgan fingerprint density at radius 2 is 2.00 bits per heavy atom. The van der Waals surface area contributed by atoms with Crippen LogP contribution in [0.15, 0.2) is 42.7 Å². The summed E-state index contributed by atoms with van der Waals surface area (Å²) in [4.78, 5) is 31.3. The third-order valence-corrected chi connectivity index (χ3v) is 5.24. The fourth-order valence-corrected chi connectivity index (χ4v) is 3.75. The first kappa shape index (κ1) is 16.1. The molecule has 7 heteroatoms. The van der Waals surface area contributed by atoms with Gasteiger partial charge in [-0.25, -0.2) is 4.98 Å². The predicted molar refractivity (Wildman–Crippen MR) is 102 cm³/mol. The summed E-state index contributed by atoms with van der Waals surface area (Å²) < 4.78 is 0. The Bertz CT molecular complexity index is 1000. The van der Waals surface area contributed by atoms with E-state index in [-0.39, 0.29) is 11.8 Å². The number of rotatable bonds is 3. The molecule has 0 saturated carbocycles. The molecule has 1 aromatic carbocycles. The van der Waals surface area contributed by atoms with E-state index in [1.807, 2.05) is 29.2 Å². The highest BCUT2D eigenvalue weighted by molar-refractivity contribution is 5.94. The summed E-state index contributed by atoms with van der Waals surface area (Å²) in [5, 5.41) is 3.32. The summed E-state index contributed by atoms with van der Waals surface area (Å²) in [6.07, 6.45) is 6.63. The minimum atomic E-state index is -0.0611. The summed E-state index contributed by atoms with van der Waals surface area (Å²) in [7, 11) is 0. The minimum absolute atomic E-state index is 0.0611. The van der Waals surface area contributed by atoms with Gasteiger partial charge in [0.15, 0.2) is 5.82 Å². The molecule has 7 nitrogen and oxygen atoms in total. The predicted octanol–water partition coefficient (Wildman–Crippen LogP) is 1.97. The van der Waals surface area contributed by atoms with E-state index in [0.717, 1.165) is 41.9 Å². The van der Waals surface area contributed by atoms with Gasteiger partial charge >= 0.3 is 0 Å². The van der Waals surface area contributed by atoms with Crippen molar-refractivity contribution in [3.8, 4) is 0 Å². The van der Waals surface area contributed by atoms with Gasteiger partial charge in [-0.3, -0.25) is 14.8 Å². The van der Waals surface area contributed by atoms with Crippen LogP contribution in [0.2, 0.25) is 0 Å². The van der Waals surface area contributed by atoms with Crippen molar-refractivity contribution in [3.05, 3.63) is 59.9 Å². The van der Waals surface area contributed by atoms with Gasteiger partial charge in [-0.05, 0) is 30.7 Å². The first-order valence-electron chi connectivity index (χ1n) is 9.24. The van der Waals surface area contributed by atoms with E-state index in [1.165, 1.54) is 5.57 Å². The number of para-hydroxylation sites is 2. The summed E-state index contributed by atoms with van der Waals surface area (Å²) in [5.74, 6) is 0.557. The molecule has 136 valence electrons. The highest BCUT2D eigenvalue weighted by atomic mass is 16.2. The average molecular weight is 360 g/mol. The van der Waals surface area contributed by atoms with Gasteiger partial charge in [0.05, 0.1) is 22.4 Å². The van der Waals surface area contributed by atoms with Gasteiger partial charge in [-0.2, -0.15) is 0 Å². The van der Waals surface area contributed by atoms with Gasteiger partial charge in [0.25, 0.3) is 5.91 Å². The number of carbonyl (C=O) groups excluding carboxylic acids is 1. The molecule has 2 aliphatic heterocycles. The largest absolute Gasteiger partial charge is 0.335 e. The van der Waals surface area contributed by atoms with Crippen LogP contribution >= 0.6 is 0 Å². The Labute approximate surface area is 156 Å². The van der Waals surface area contributed by atoms with Crippen molar-refractivity contribution in [3.63, 3.8) is 0 Å². The molecule has 5 rings (SSSR count). The van der Waals surface area contributed by atoms with Crippen molar-refractivity contribution >= 4 is 22.5 Å². The number of nitrogens with zero attached hydrogens (tertiary/aromatic N) is 4. The molecule has 27 heavy (non-hydrogen) atoms. The zero-order chi connectivity index (χ0) is 18.2. The summed E-state index contributed by atoms with van der Waals surface area (Å²) >= 11 is 0. The van der Waals surface area contributed by atoms with Crippen molar-refractivity contribution in [1.29, 1.82) is 0 Å². The lowest BCUT2D eigenvalue weighted by Crippen LogP contribution is -2.49. The Morgan fingerprint density at radius 3 is 2.81 bits per heavy atom. The van der Waals surface area contributed by atoms with Crippen LogP contribution in [-0.4, -0.2) is 56.9 Å². The Balaban J connectivity index is 1.33. The third kappa shape index (κ3) is 2.90. The van der Waals surface area contributed by atoms with Crippen LogP contribution in [-0.2, 0) is 0 Å². The maximum absolute atomic E-state index is 12.7. The number of nitrogens with one attached hydrogen (secondary N) is 2. The zero-order valence-electron chi connectivity index (χ0n) is 14.9. The number of amides is 1. The number of hydrogen-bond acceptors (Lipinski definition) is 5. The monoisotopic (exact) mass is 360 g/mol. The van der Waals surface area contributed by atoms with Crippen LogP contribution in [0, 0.1) is 0 Å². The molecule has 4 heterocycles. The summed E-state index contributed by atoms with van der Waals surface area (Å²) in [6.45, 7) is 3.12. The SMILES string of the molecule is O=C(c1nc2ccccc2[nH]1)N1CC(c2nccnc2C2=CCNCC2)C1. The molecule has 0 unspecified atom stereocenters. The number of carbonyl (C=O) groups is 1. The Morgan fingerprint density at radius 1 is 1.15 bits per heavy atom. The highest BCUT2D eigenvalue weighted by Gasteiger charge is 2.36. The lowest BCUT2D eigenvalue weighted by Gasteiger charge is -2.39. The molecule has 0 atom stereocenters. The maximum Gasteiger partial charge on any atom is 0.289 e. The average Bonchev–Trinajstić information content (AvgIpc) is 3.12. The van der Waals surface area contributed by atoms with Crippen LogP contribution in [0.5, 0.6) is 0 Å². The smallest absolute Gasteiger partial charge is 0.289 e. The molecule has 0 bridgehead atoms. The van der Waals surface area contributed by atoms with Gasteiger partial charge in [-0.15, -0.1) is 0 Å². The second-order valence-corrected chi connectivity index (χ2v) is 6.98. The van der Waals surface area contributed by atoms with E-state index in [0.29, 0.717) is 18.9 Å². The quantitative estimate of drug-likeness (QED) is 0.746. The number of H-pyrrole nitrogens is 1. The first-order chi connectivity index (χ1) is 13.3. The van der Waals surface area contributed by atoms with Crippen molar-refractivity contribution in [2.24, 2.45) is 0 Å². The van der Waals surface area contributed by atoms with Gasteiger partial charge < -0.3 is 15.2 Å². The zero-order valence-corrected chi connectivity index (χ0v) is 14.9. The summed E-state index contributed by atoms with van der Waals surface area (Å²) in [6, 6.07) is 7.68. The van der Waals surface area contributed by atoms with Crippen LogP contribution in [0.25, 0.3) is 16.6 Å². The first-order valence-corrected chi connectivity index (χ1v) is 9.24. The van der Waals surface area contributed by atoms with E-state index in [4.69, 9.17) is 0 Å². The molecule has 2 aromatic heterocycles. The van der Waals surface area contributed by atoms with E-state index < -0.39 is 0 Å². The molecule has 0 spiro atoms. The molecule has 1 fully saturated rings. The van der Waals surface area contributed by atoms with Crippen LogP contribution in [0.3, 0.4) is 0 Å². The Hall–Kier alpha value is -3.06. The number of fused-ring (bicyclic) bond motifs is 1. The molecule has 1 saturated heterocycles. The molecular weight excluding hydrogens is 340 g/mol. The van der Waals surface area contributed by atoms with Gasteiger partial charge in [-0.1, -0.05) is 18.2 Å². The molecule has 3 aromatic rings. The van der Waals surface area contributed by atoms with Gasteiger partial charge in [0.1, 0.15) is 0 Å². The van der Waals surface area contributed by atoms with Crippen LogP contribution in [0.1, 0.15) is 34.3 Å². The number of benzene rings is 1. The van der Waals surface area contributed by atoms with Crippen molar-refractivity contribution < 1.29 is 4.79 Å². The summed E-state index contributed by atoms with van der Waals surface area (Å²) in [5.41, 5.74) is 4.93. The van der Waals surface area contributed by atoms with Crippen molar-refractivity contribution in [2.45, 2.75) is 12.3 Å². The number of likely N-dealkylation sites (tertiary alicyclic amines) is 1. The van der Waals surface area contributed by atoms with E-state index >= 15 is 0 Å². The lowest BCUT2D eigenvalue weighted by molar-refractivity contribution is 0.0586.